The molecule has 1 aliphatic heterocycles. The Kier molecular flexibility index (Phi) is 5.04. The van der Waals surface area contributed by atoms with E-state index in [9.17, 15) is 4.79 Å². The van der Waals surface area contributed by atoms with E-state index in [1.165, 1.54) is 11.1 Å². The molecule has 1 aliphatic carbocycles. The van der Waals surface area contributed by atoms with Gasteiger partial charge in [0, 0.05) is 43.6 Å². The normalized spacial score (nSPS) is 20.7. The van der Waals surface area contributed by atoms with Gasteiger partial charge in [0.1, 0.15) is 0 Å². The maximum atomic E-state index is 13.0. The number of hydrogen-bond donors (Lipinski definition) is 1. The van der Waals surface area contributed by atoms with Gasteiger partial charge in [-0.15, -0.1) is 0 Å². The number of rotatable bonds is 4. The van der Waals surface area contributed by atoms with E-state index in [2.05, 4.69) is 75.4 Å². The molecule has 1 saturated heterocycles. The molecular formula is C25H27N3O. The summed E-state index contributed by atoms with van der Waals surface area (Å²) < 4.78 is 0. The number of piperazine rings is 1. The molecule has 0 amide bonds. The third-order valence-electron chi connectivity index (χ3n) is 6.45. The van der Waals surface area contributed by atoms with Crippen molar-refractivity contribution in [2.24, 2.45) is 0 Å². The predicted octanol–water partition coefficient (Wildman–Crippen LogP) is 3.92. The smallest absolute Gasteiger partial charge is 0.181 e. The Morgan fingerprint density at radius 2 is 1.45 bits per heavy atom. The molecule has 2 heterocycles. The largest absolute Gasteiger partial charge is 0.364 e. The van der Waals surface area contributed by atoms with Gasteiger partial charge < -0.3 is 4.98 Å². The van der Waals surface area contributed by atoms with E-state index in [0.29, 0.717) is 5.78 Å². The SMILES string of the molecule is O=C1c2cc[nH]c2CC[C@@H]1N1CCN(C(c2ccccc2)c2ccccc2)CC1. The number of nitrogens with one attached hydrogen (secondary N) is 1. The Bertz CT molecular complexity index is 919. The monoisotopic (exact) mass is 385 g/mol. The number of ketones is 1. The number of Topliss-reactive ketones (excluding diaryl/α,β-unsaturated/α-hetero) is 1. The molecule has 5 rings (SSSR count). The van der Waals surface area contributed by atoms with Crippen LogP contribution in [-0.4, -0.2) is 52.8 Å². The van der Waals surface area contributed by atoms with E-state index < -0.39 is 0 Å². The number of fused-ring (bicyclic) bond motifs is 1. The number of nitrogens with zero attached hydrogens (tertiary/aromatic N) is 2. The summed E-state index contributed by atoms with van der Waals surface area (Å²) in [4.78, 5) is 21.2. The molecule has 0 unspecified atom stereocenters. The molecule has 0 radical (unpaired) electrons. The highest BCUT2D eigenvalue weighted by Crippen LogP contribution is 2.31. The summed E-state index contributed by atoms with van der Waals surface area (Å²) in [5.41, 5.74) is 4.67. The lowest BCUT2D eigenvalue weighted by atomic mass is 9.90. The van der Waals surface area contributed by atoms with Crippen LogP contribution in [0.2, 0.25) is 0 Å². The average molecular weight is 386 g/mol. The molecule has 1 aromatic heterocycles. The third kappa shape index (κ3) is 3.54. The third-order valence-corrected chi connectivity index (χ3v) is 6.45. The number of aromatic amines is 1. The molecule has 4 nitrogen and oxygen atoms in total. The minimum Gasteiger partial charge on any atom is -0.364 e. The van der Waals surface area contributed by atoms with Crippen molar-refractivity contribution in [3.63, 3.8) is 0 Å². The fourth-order valence-corrected chi connectivity index (χ4v) is 4.97. The van der Waals surface area contributed by atoms with Crippen molar-refractivity contribution < 1.29 is 4.79 Å². The summed E-state index contributed by atoms with van der Waals surface area (Å²) in [5.74, 6) is 0.295. The minimum atomic E-state index is 0.0346. The fraction of sp³-hybridized carbons (Fsp3) is 0.320. The van der Waals surface area contributed by atoms with Crippen LogP contribution in [-0.2, 0) is 6.42 Å². The Morgan fingerprint density at radius 3 is 2.07 bits per heavy atom. The highest BCUT2D eigenvalue weighted by molar-refractivity contribution is 6.02. The van der Waals surface area contributed by atoms with Gasteiger partial charge >= 0.3 is 0 Å². The van der Waals surface area contributed by atoms with Crippen molar-refractivity contribution in [1.82, 2.24) is 14.8 Å². The van der Waals surface area contributed by atoms with E-state index in [1.807, 2.05) is 12.3 Å². The first kappa shape index (κ1) is 18.3. The van der Waals surface area contributed by atoms with E-state index in [-0.39, 0.29) is 12.1 Å². The van der Waals surface area contributed by atoms with Crippen molar-refractivity contribution in [3.05, 3.63) is 95.3 Å². The quantitative estimate of drug-likeness (QED) is 0.740. The van der Waals surface area contributed by atoms with E-state index in [4.69, 9.17) is 0 Å². The second-order valence-electron chi connectivity index (χ2n) is 8.08. The van der Waals surface area contributed by atoms with Gasteiger partial charge in [0.25, 0.3) is 0 Å². The van der Waals surface area contributed by atoms with Gasteiger partial charge in [-0.2, -0.15) is 0 Å². The molecule has 0 bridgehead atoms. The first-order chi connectivity index (χ1) is 14.3. The molecule has 1 fully saturated rings. The summed E-state index contributed by atoms with van der Waals surface area (Å²) in [7, 11) is 0. The minimum absolute atomic E-state index is 0.0346. The van der Waals surface area contributed by atoms with E-state index in [0.717, 1.165) is 50.3 Å². The van der Waals surface area contributed by atoms with E-state index >= 15 is 0 Å². The number of H-pyrrole nitrogens is 1. The maximum absolute atomic E-state index is 13.0. The first-order valence-corrected chi connectivity index (χ1v) is 10.6. The van der Waals surface area contributed by atoms with Gasteiger partial charge in [0.05, 0.1) is 12.1 Å². The number of carbonyl (C=O) groups excluding carboxylic acids is 1. The number of benzene rings is 2. The molecule has 3 aromatic rings. The van der Waals surface area contributed by atoms with Gasteiger partial charge in [0.2, 0.25) is 0 Å². The van der Waals surface area contributed by atoms with Gasteiger partial charge in [0.15, 0.2) is 5.78 Å². The molecule has 0 saturated carbocycles. The number of aromatic nitrogens is 1. The molecule has 2 aromatic carbocycles. The fourth-order valence-electron chi connectivity index (χ4n) is 4.97. The summed E-state index contributed by atoms with van der Waals surface area (Å²) in [5, 5.41) is 0. The Hall–Kier alpha value is -2.69. The summed E-state index contributed by atoms with van der Waals surface area (Å²) in [6.07, 6.45) is 3.79. The molecule has 29 heavy (non-hydrogen) atoms. The Labute approximate surface area is 172 Å². The lowest BCUT2D eigenvalue weighted by Crippen LogP contribution is -2.54. The molecule has 2 aliphatic rings. The standard InChI is InChI=1S/C25H27N3O/c29-25-21-13-14-26-22(21)11-12-23(25)27-15-17-28(18-16-27)24(19-7-3-1-4-8-19)20-9-5-2-6-10-20/h1-10,13-14,23-24,26H,11-12,15-18H2/t23-/m0/s1. The van der Waals surface area contributed by atoms with Gasteiger partial charge in [-0.1, -0.05) is 60.7 Å². The molecule has 1 N–H and O–H groups in total. The Morgan fingerprint density at radius 1 is 0.828 bits per heavy atom. The second kappa shape index (κ2) is 7.97. The van der Waals surface area contributed by atoms with Crippen molar-refractivity contribution in [3.8, 4) is 0 Å². The van der Waals surface area contributed by atoms with Gasteiger partial charge in [-0.05, 0) is 30.0 Å². The van der Waals surface area contributed by atoms with Crippen LogP contribution in [0.5, 0.6) is 0 Å². The number of hydrogen-bond acceptors (Lipinski definition) is 3. The molecule has 4 heteroatoms. The van der Waals surface area contributed by atoms with E-state index in [1.54, 1.807) is 0 Å². The summed E-state index contributed by atoms with van der Waals surface area (Å²) in [6, 6.07) is 23.8. The van der Waals surface area contributed by atoms with Crippen LogP contribution in [0.1, 0.15) is 39.6 Å². The van der Waals surface area contributed by atoms with Crippen LogP contribution in [0.25, 0.3) is 0 Å². The summed E-state index contributed by atoms with van der Waals surface area (Å²) >= 11 is 0. The molecule has 1 atom stereocenters. The Balaban J connectivity index is 1.33. The highest BCUT2D eigenvalue weighted by atomic mass is 16.1. The molecule has 0 spiro atoms. The molecular weight excluding hydrogens is 358 g/mol. The summed E-state index contributed by atoms with van der Waals surface area (Å²) in [6.45, 7) is 3.81. The van der Waals surface area contributed by atoms with Crippen molar-refractivity contribution >= 4 is 5.78 Å². The number of aryl methyl sites for hydroxylation is 1. The maximum Gasteiger partial charge on any atom is 0.181 e. The van der Waals surface area contributed by atoms with Gasteiger partial charge in [-0.3, -0.25) is 14.6 Å². The van der Waals surface area contributed by atoms with Crippen LogP contribution in [0, 0.1) is 0 Å². The lowest BCUT2D eigenvalue weighted by molar-refractivity contribution is 0.0568. The van der Waals surface area contributed by atoms with Crippen LogP contribution in [0.15, 0.2) is 72.9 Å². The van der Waals surface area contributed by atoms with Crippen LogP contribution in [0.3, 0.4) is 0 Å². The van der Waals surface area contributed by atoms with Gasteiger partial charge in [-0.25, -0.2) is 0 Å². The van der Waals surface area contributed by atoms with Crippen molar-refractivity contribution in [2.45, 2.75) is 24.9 Å². The van der Waals surface area contributed by atoms with Crippen molar-refractivity contribution in [1.29, 1.82) is 0 Å². The van der Waals surface area contributed by atoms with Crippen LogP contribution < -0.4 is 0 Å². The highest BCUT2D eigenvalue weighted by Gasteiger charge is 2.35. The number of carbonyl (C=O) groups is 1. The zero-order valence-electron chi connectivity index (χ0n) is 16.6. The lowest BCUT2D eigenvalue weighted by Gasteiger charge is -2.43. The van der Waals surface area contributed by atoms with Crippen molar-refractivity contribution in [2.75, 3.05) is 26.2 Å². The zero-order valence-corrected chi connectivity index (χ0v) is 16.6. The first-order valence-electron chi connectivity index (χ1n) is 10.6. The predicted molar refractivity (Wildman–Crippen MR) is 115 cm³/mol. The van der Waals surface area contributed by atoms with Crippen LogP contribution >= 0.6 is 0 Å². The topological polar surface area (TPSA) is 39.3 Å². The zero-order chi connectivity index (χ0) is 19.6. The second-order valence-corrected chi connectivity index (χ2v) is 8.08. The van der Waals surface area contributed by atoms with Crippen LogP contribution in [0.4, 0.5) is 0 Å². The average Bonchev–Trinajstić information content (AvgIpc) is 3.26. The molecule has 148 valence electrons.